The van der Waals surface area contributed by atoms with Crippen LogP contribution in [0.4, 0.5) is 0 Å². The highest BCUT2D eigenvalue weighted by Gasteiger charge is 2.22. The molecule has 0 radical (unpaired) electrons. The summed E-state index contributed by atoms with van der Waals surface area (Å²) in [6.07, 6.45) is 5.31. The molecule has 0 atom stereocenters. The average Bonchev–Trinajstić information content (AvgIpc) is 2.79. The summed E-state index contributed by atoms with van der Waals surface area (Å²) in [5.74, 6) is -0.115. The van der Waals surface area contributed by atoms with Crippen molar-refractivity contribution in [3.05, 3.63) is 23.2 Å². The van der Waals surface area contributed by atoms with E-state index in [4.69, 9.17) is 9.52 Å². The second kappa shape index (κ2) is 6.62. The Morgan fingerprint density at radius 1 is 1.38 bits per heavy atom. The maximum Gasteiger partial charge on any atom is 0.339 e. The second-order valence-electron chi connectivity index (χ2n) is 5.59. The third-order valence-corrected chi connectivity index (χ3v) is 5.34. The summed E-state index contributed by atoms with van der Waals surface area (Å²) in [4.78, 5) is 10.9. The van der Waals surface area contributed by atoms with Crippen LogP contribution in [-0.2, 0) is 16.6 Å². The van der Waals surface area contributed by atoms with E-state index in [1.54, 1.807) is 6.92 Å². The largest absolute Gasteiger partial charge is 0.478 e. The number of sulfonamides is 1. The van der Waals surface area contributed by atoms with E-state index < -0.39 is 16.0 Å². The maximum atomic E-state index is 12.0. The van der Waals surface area contributed by atoms with Gasteiger partial charge in [0.1, 0.15) is 17.1 Å². The van der Waals surface area contributed by atoms with E-state index >= 15 is 0 Å². The number of rotatable bonds is 6. The van der Waals surface area contributed by atoms with E-state index in [0.717, 1.165) is 25.7 Å². The van der Waals surface area contributed by atoms with Gasteiger partial charge in [-0.25, -0.2) is 17.9 Å². The van der Waals surface area contributed by atoms with Gasteiger partial charge in [0.25, 0.3) is 0 Å². The third kappa shape index (κ3) is 4.57. The molecule has 1 aliphatic carbocycles. The normalized spacial score (nSPS) is 17.0. The minimum absolute atomic E-state index is 0.0107. The zero-order chi connectivity index (χ0) is 15.5. The number of carboxylic acids is 1. The van der Waals surface area contributed by atoms with Crippen molar-refractivity contribution in [2.24, 2.45) is 5.92 Å². The predicted molar refractivity (Wildman–Crippen MR) is 77.6 cm³/mol. The van der Waals surface area contributed by atoms with Crippen molar-refractivity contribution >= 4 is 16.0 Å². The number of aromatic carboxylic acids is 1. The lowest BCUT2D eigenvalue weighted by atomic mass is 9.91. The summed E-state index contributed by atoms with van der Waals surface area (Å²) < 4.78 is 31.8. The molecule has 0 spiro atoms. The molecule has 0 aliphatic heterocycles. The molecule has 0 unspecified atom stereocenters. The average molecular weight is 315 g/mol. The molecule has 1 fully saturated rings. The lowest BCUT2D eigenvalue weighted by Crippen LogP contribution is -2.30. The van der Waals surface area contributed by atoms with E-state index in [1.165, 1.54) is 12.5 Å². The molecule has 1 saturated carbocycles. The van der Waals surface area contributed by atoms with Crippen LogP contribution in [-0.4, -0.2) is 25.2 Å². The first-order chi connectivity index (χ1) is 9.87. The molecule has 0 saturated heterocycles. The minimum atomic E-state index is -3.36. The van der Waals surface area contributed by atoms with Gasteiger partial charge >= 0.3 is 5.97 Å². The third-order valence-electron chi connectivity index (χ3n) is 3.85. The Morgan fingerprint density at radius 2 is 2.05 bits per heavy atom. The molecule has 0 bridgehead atoms. The van der Waals surface area contributed by atoms with Gasteiger partial charge in [0.2, 0.25) is 10.0 Å². The zero-order valence-electron chi connectivity index (χ0n) is 12.1. The highest BCUT2D eigenvalue weighted by molar-refractivity contribution is 7.89. The van der Waals surface area contributed by atoms with Crippen LogP contribution in [0.5, 0.6) is 0 Å². The number of hydrogen-bond acceptors (Lipinski definition) is 4. The van der Waals surface area contributed by atoms with Crippen LogP contribution in [0.15, 0.2) is 10.5 Å². The summed E-state index contributed by atoms with van der Waals surface area (Å²) >= 11 is 0. The molecule has 2 N–H and O–H groups in total. The zero-order valence-corrected chi connectivity index (χ0v) is 12.9. The number of nitrogens with one attached hydrogen (secondary N) is 1. The molecule has 2 rings (SSSR count). The van der Waals surface area contributed by atoms with E-state index in [2.05, 4.69) is 4.72 Å². The minimum Gasteiger partial charge on any atom is -0.478 e. The van der Waals surface area contributed by atoms with E-state index in [1.807, 2.05) is 0 Å². The van der Waals surface area contributed by atoms with E-state index in [9.17, 15) is 13.2 Å². The van der Waals surface area contributed by atoms with Crippen molar-refractivity contribution in [1.29, 1.82) is 0 Å². The van der Waals surface area contributed by atoms with Crippen LogP contribution in [0.1, 0.15) is 54.0 Å². The Hall–Kier alpha value is -1.34. The van der Waals surface area contributed by atoms with Gasteiger partial charge in [-0.3, -0.25) is 0 Å². The fraction of sp³-hybridized carbons (Fsp3) is 0.643. The smallest absolute Gasteiger partial charge is 0.339 e. The molecule has 1 aromatic heterocycles. The molecule has 6 nitrogen and oxygen atoms in total. The molecule has 21 heavy (non-hydrogen) atoms. The lowest BCUT2D eigenvalue weighted by molar-refractivity contribution is 0.0695. The standard InChI is InChI=1S/C14H21NO5S/c1-10-13(14(16)17)7-12(20-10)8-15-21(18,19)9-11-5-3-2-4-6-11/h7,11,15H,2-6,8-9H2,1H3,(H,16,17). The summed E-state index contributed by atoms with van der Waals surface area (Å²) in [5, 5.41) is 8.92. The van der Waals surface area contributed by atoms with E-state index in [0.29, 0.717) is 5.76 Å². The van der Waals surface area contributed by atoms with Gasteiger partial charge in [0, 0.05) is 0 Å². The van der Waals surface area contributed by atoms with Gasteiger partial charge in [0.15, 0.2) is 0 Å². The monoisotopic (exact) mass is 315 g/mol. The molecule has 0 aromatic carbocycles. The SMILES string of the molecule is Cc1oc(CNS(=O)(=O)CC2CCCCC2)cc1C(=O)O. The first-order valence-electron chi connectivity index (χ1n) is 7.17. The quantitative estimate of drug-likeness (QED) is 0.839. The van der Waals surface area contributed by atoms with E-state index in [-0.39, 0.29) is 29.5 Å². The molecule has 7 heteroatoms. The molecular weight excluding hydrogens is 294 g/mol. The van der Waals surface area contributed by atoms with Crippen LogP contribution in [0.25, 0.3) is 0 Å². The molecule has 1 aromatic rings. The number of hydrogen-bond donors (Lipinski definition) is 2. The number of carboxylic acid groups (broad SMARTS) is 1. The van der Waals surface area contributed by atoms with Gasteiger partial charge in [-0.2, -0.15) is 0 Å². The molecular formula is C14H21NO5S. The van der Waals surface area contributed by atoms with Crippen molar-refractivity contribution < 1.29 is 22.7 Å². The van der Waals surface area contributed by atoms with Gasteiger partial charge < -0.3 is 9.52 Å². The molecule has 0 amide bonds. The van der Waals surface area contributed by atoms with Crippen LogP contribution in [0.2, 0.25) is 0 Å². The Morgan fingerprint density at radius 3 is 2.62 bits per heavy atom. The van der Waals surface area contributed by atoms with Crippen molar-refractivity contribution in [3.8, 4) is 0 Å². The van der Waals surface area contributed by atoms with Gasteiger partial charge in [-0.15, -0.1) is 0 Å². The molecule has 1 heterocycles. The maximum absolute atomic E-state index is 12.0. The summed E-state index contributed by atoms with van der Waals surface area (Å²) in [5.41, 5.74) is 0.0662. The van der Waals surface area contributed by atoms with Crippen LogP contribution < -0.4 is 4.72 Å². The lowest BCUT2D eigenvalue weighted by Gasteiger charge is -2.21. The topological polar surface area (TPSA) is 96.6 Å². The summed E-state index contributed by atoms with van der Waals surface area (Å²) in [6.45, 7) is 1.53. The Bertz CT molecular complexity index is 599. The number of furan rings is 1. The first kappa shape index (κ1) is 16.0. The molecule has 118 valence electrons. The van der Waals surface area contributed by atoms with Gasteiger partial charge in [-0.05, 0) is 31.7 Å². The highest BCUT2D eigenvalue weighted by atomic mass is 32.2. The van der Waals surface area contributed by atoms with Crippen LogP contribution in [0, 0.1) is 12.8 Å². The Labute approximate surface area is 124 Å². The van der Waals surface area contributed by atoms with Gasteiger partial charge in [0.05, 0.1) is 12.3 Å². The van der Waals surface area contributed by atoms with Crippen molar-refractivity contribution in [3.63, 3.8) is 0 Å². The van der Waals surface area contributed by atoms with Crippen LogP contribution in [0.3, 0.4) is 0 Å². The number of carbonyl (C=O) groups is 1. The fourth-order valence-corrected chi connectivity index (χ4v) is 4.18. The summed E-state index contributed by atoms with van der Waals surface area (Å²) in [6, 6.07) is 1.36. The van der Waals surface area contributed by atoms with Crippen molar-refractivity contribution in [1.82, 2.24) is 4.72 Å². The first-order valence-corrected chi connectivity index (χ1v) is 8.82. The summed E-state index contributed by atoms with van der Waals surface area (Å²) in [7, 11) is -3.36. The predicted octanol–water partition coefficient (Wildman–Crippen LogP) is 2.29. The molecule has 1 aliphatic rings. The second-order valence-corrected chi connectivity index (χ2v) is 7.45. The van der Waals surface area contributed by atoms with Gasteiger partial charge in [-0.1, -0.05) is 19.3 Å². The number of aryl methyl sites for hydroxylation is 1. The Kier molecular flexibility index (Phi) is 5.05. The van der Waals surface area contributed by atoms with Crippen molar-refractivity contribution in [2.45, 2.75) is 45.6 Å². The fourth-order valence-electron chi connectivity index (χ4n) is 2.75. The van der Waals surface area contributed by atoms with Crippen LogP contribution >= 0.6 is 0 Å². The highest BCUT2D eigenvalue weighted by Crippen LogP contribution is 2.24. The Balaban J connectivity index is 1.91. The van der Waals surface area contributed by atoms with Crippen molar-refractivity contribution in [2.75, 3.05) is 5.75 Å².